The summed E-state index contributed by atoms with van der Waals surface area (Å²) >= 11 is 0. The molecule has 1 aromatic rings. The second-order valence-electron chi connectivity index (χ2n) is 4.81. The summed E-state index contributed by atoms with van der Waals surface area (Å²) in [6.07, 6.45) is 1.87. The molecule has 1 aromatic carbocycles. The van der Waals surface area contributed by atoms with E-state index in [0.29, 0.717) is 5.69 Å². The molecule has 1 heterocycles. The van der Waals surface area contributed by atoms with E-state index < -0.39 is 18.2 Å². The zero-order chi connectivity index (χ0) is 15.4. The van der Waals surface area contributed by atoms with Crippen LogP contribution in [0.15, 0.2) is 36.4 Å². The molecular weight excluding hydrogens is 274 g/mol. The number of aliphatic hydroxyl groups excluding tert-OH is 1. The lowest BCUT2D eigenvalue weighted by Gasteiger charge is -2.22. The van der Waals surface area contributed by atoms with Gasteiger partial charge in [-0.3, -0.25) is 4.79 Å². The first-order valence-corrected chi connectivity index (χ1v) is 6.61. The molecule has 0 radical (unpaired) electrons. The zero-order valence-electron chi connectivity index (χ0n) is 11.5. The van der Waals surface area contributed by atoms with Crippen LogP contribution in [-0.2, 0) is 9.53 Å². The van der Waals surface area contributed by atoms with Crippen LogP contribution in [0.25, 0.3) is 0 Å². The van der Waals surface area contributed by atoms with Gasteiger partial charge in [-0.05, 0) is 31.2 Å². The van der Waals surface area contributed by atoms with Crippen LogP contribution in [0, 0.1) is 0 Å². The van der Waals surface area contributed by atoms with Crippen LogP contribution in [0.3, 0.4) is 0 Å². The lowest BCUT2D eigenvalue weighted by molar-refractivity contribution is -0.144. The molecule has 3 N–H and O–H groups in total. The predicted octanol–water partition coefficient (Wildman–Crippen LogP) is 1.42. The van der Waals surface area contributed by atoms with Crippen molar-refractivity contribution in [3.63, 3.8) is 0 Å². The molecule has 0 spiro atoms. The summed E-state index contributed by atoms with van der Waals surface area (Å²) in [6, 6.07) is 5.81. The molecule has 0 unspecified atom stereocenters. The fourth-order valence-electron chi connectivity index (χ4n) is 2.25. The summed E-state index contributed by atoms with van der Waals surface area (Å²) in [5.74, 6) is -1.37. The van der Waals surface area contributed by atoms with Gasteiger partial charge in [-0.15, -0.1) is 0 Å². The number of ether oxygens (including phenoxy) is 1. The molecular formula is C15H17NO5. The molecule has 0 amide bonds. The van der Waals surface area contributed by atoms with Crippen LogP contribution in [0.2, 0.25) is 0 Å². The lowest BCUT2D eigenvalue weighted by atomic mass is 10.0. The van der Waals surface area contributed by atoms with Crippen LogP contribution >= 0.6 is 0 Å². The normalized spacial score (nSPS) is 23.0. The molecule has 0 aromatic heterocycles. The zero-order valence-corrected chi connectivity index (χ0v) is 11.5. The number of aliphatic hydroxyl groups is 1. The first kappa shape index (κ1) is 15.1. The van der Waals surface area contributed by atoms with Crippen molar-refractivity contribution in [3.8, 4) is 0 Å². The number of benzene rings is 1. The Hall–Kier alpha value is -2.34. The van der Waals surface area contributed by atoms with Gasteiger partial charge in [0.05, 0.1) is 18.0 Å². The van der Waals surface area contributed by atoms with Gasteiger partial charge in [-0.1, -0.05) is 12.2 Å². The molecule has 1 aliphatic rings. The average Bonchev–Trinajstić information content (AvgIpc) is 2.80. The number of esters is 1. The third-order valence-electron chi connectivity index (χ3n) is 3.26. The smallest absolute Gasteiger partial charge is 0.335 e. The fraction of sp³-hybridized carbons (Fsp3) is 0.333. The number of rotatable bonds is 5. The van der Waals surface area contributed by atoms with Crippen LogP contribution in [-0.4, -0.2) is 40.4 Å². The van der Waals surface area contributed by atoms with Gasteiger partial charge < -0.3 is 20.3 Å². The lowest BCUT2D eigenvalue weighted by Crippen LogP contribution is -2.38. The SMILES string of the molecule is CC=C[C@@H](O)[C@@H]1OC(=O)C[C@H]1Nc1ccc(C(=O)O)cc1. The number of carbonyl (C=O) groups excluding carboxylic acids is 1. The van der Waals surface area contributed by atoms with E-state index >= 15 is 0 Å². The topological polar surface area (TPSA) is 95.9 Å². The molecule has 2 rings (SSSR count). The first-order chi connectivity index (χ1) is 10.0. The molecule has 1 aliphatic heterocycles. The van der Waals surface area contributed by atoms with Crippen LogP contribution in [0.1, 0.15) is 23.7 Å². The molecule has 0 bridgehead atoms. The highest BCUT2D eigenvalue weighted by atomic mass is 16.6. The van der Waals surface area contributed by atoms with Gasteiger partial charge in [-0.25, -0.2) is 4.79 Å². The quantitative estimate of drug-likeness (QED) is 0.561. The number of allylic oxidation sites excluding steroid dienone is 1. The number of anilines is 1. The Morgan fingerprint density at radius 2 is 2.10 bits per heavy atom. The van der Waals surface area contributed by atoms with E-state index in [1.165, 1.54) is 12.1 Å². The fourth-order valence-corrected chi connectivity index (χ4v) is 2.25. The molecule has 1 fully saturated rings. The van der Waals surface area contributed by atoms with E-state index in [4.69, 9.17) is 9.84 Å². The van der Waals surface area contributed by atoms with Gasteiger partial charge >= 0.3 is 11.9 Å². The first-order valence-electron chi connectivity index (χ1n) is 6.61. The minimum Gasteiger partial charge on any atom is -0.478 e. The second-order valence-corrected chi connectivity index (χ2v) is 4.81. The molecule has 1 saturated heterocycles. The summed E-state index contributed by atoms with van der Waals surface area (Å²) in [5.41, 5.74) is 0.853. The van der Waals surface area contributed by atoms with Gasteiger partial charge in [0.2, 0.25) is 0 Å². The molecule has 112 valence electrons. The highest BCUT2D eigenvalue weighted by molar-refractivity contribution is 5.88. The van der Waals surface area contributed by atoms with E-state index in [1.807, 2.05) is 0 Å². The highest BCUT2D eigenvalue weighted by Gasteiger charge is 2.38. The van der Waals surface area contributed by atoms with E-state index in [-0.39, 0.29) is 24.0 Å². The highest BCUT2D eigenvalue weighted by Crippen LogP contribution is 2.23. The average molecular weight is 291 g/mol. The number of cyclic esters (lactones) is 1. The minimum atomic E-state index is -0.998. The molecule has 21 heavy (non-hydrogen) atoms. The van der Waals surface area contributed by atoms with Gasteiger partial charge in [0.25, 0.3) is 0 Å². The third kappa shape index (κ3) is 3.61. The van der Waals surface area contributed by atoms with Gasteiger partial charge in [0, 0.05) is 5.69 Å². The van der Waals surface area contributed by atoms with E-state index in [0.717, 1.165) is 0 Å². The van der Waals surface area contributed by atoms with E-state index in [9.17, 15) is 14.7 Å². The maximum Gasteiger partial charge on any atom is 0.335 e. The number of nitrogens with one attached hydrogen (secondary N) is 1. The maximum absolute atomic E-state index is 11.4. The number of aromatic carboxylic acids is 1. The van der Waals surface area contributed by atoms with Crippen molar-refractivity contribution in [1.82, 2.24) is 0 Å². The van der Waals surface area contributed by atoms with Crippen molar-refractivity contribution in [3.05, 3.63) is 42.0 Å². The maximum atomic E-state index is 11.4. The van der Waals surface area contributed by atoms with Gasteiger partial charge in [-0.2, -0.15) is 0 Å². The number of carboxylic acid groups (broad SMARTS) is 1. The van der Waals surface area contributed by atoms with Crippen molar-refractivity contribution >= 4 is 17.6 Å². The van der Waals surface area contributed by atoms with Crippen molar-refractivity contribution in [1.29, 1.82) is 0 Å². The molecule has 0 aliphatic carbocycles. The summed E-state index contributed by atoms with van der Waals surface area (Å²) in [6.45, 7) is 1.77. The van der Waals surface area contributed by atoms with Gasteiger partial charge in [0.15, 0.2) is 6.10 Å². The summed E-state index contributed by atoms with van der Waals surface area (Å²) in [7, 11) is 0. The van der Waals surface area contributed by atoms with Crippen LogP contribution < -0.4 is 5.32 Å². The van der Waals surface area contributed by atoms with Crippen molar-refractivity contribution in [2.24, 2.45) is 0 Å². The Bertz CT molecular complexity index is 552. The molecule has 0 saturated carbocycles. The Morgan fingerprint density at radius 1 is 1.43 bits per heavy atom. The molecule has 6 heteroatoms. The van der Waals surface area contributed by atoms with Gasteiger partial charge in [0.1, 0.15) is 6.10 Å². The van der Waals surface area contributed by atoms with Crippen molar-refractivity contribution in [2.75, 3.05) is 5.32 Å². The Morgan fingerprint density at radius 3 is 2.67 bits per heavy atom. The van der Waals surface area contributed by atoms with Crippen LogP contribution in [0.5, 0.6) is 0 Å². The second kappa shape index (κ2) is 6.41. The molecule has 6 nitrogen and oxygen atoms in total. The predicted molar refractivity (Wildman–Crippen MR) is 76.1 cm³/mol. The number of carbonyl (C=O) groups is 2. The number of hydrogen-bond acceptors (Lipinski definition) is 5. The van der Waals surface area contributed by atoms with E-state index in [1.54, 1.807) is 31.2 Å². The number of carboxylic acids is 1. The minimum absolute atomic E-state index is 0.153. The van der Waals surface area contributed by atoms with Crippen molar-refractivity contribution in [2.45, 2.75) is 31.6 Å². The number of hydrogen-bond donors (Lipinski definition) is 3. The third-order valence-corrected chi connectivity index (χ3v) is 3.26. The monoisotopic (exact) mass is 291 g/mol. The Kier molecular flexibility index (Phi) is 4.59. The standard InChI is InChI=1S/C15H17NO5/c1-2-3-12(17)14-11(8-13(18)21-14)16-10-6-4-9(5-7-10)15(19)20/h2-7,11-12,14,16-17H,8H2,1H3,(H,19,20)/t11-,12-,14-/m1/s1. The summed E-state index contributed by atoms with van der Waals surface area (Å²) < 4.78 is 5.13. The van der Waals surface area contributed by atoms with Crippen LogP contribution in [0.4, 0.5) is 5.69 Å². The summed E-state index contributed by atoms with van der Waals surface area (Å²) in [4.78, 5) is 22.2. The molecule has 3 atom stereocenters. The van der Waals surface area contributed by atoms with Crippen molar-refractivity contribution < 1.29 is 24.5 Å². The largest absolute Gasteiger partial charge is 0.478 e. The summed E-state index contributed by atoms with van der Waals surface area (Å²) in [5, 5.41) is 21.9. The van der Waals surface area contributed by atoms with E-state index in [2.05, 4.69) is 5.32 Å². The Balaban J connectivity index is 2.09. The Labute approximate surface area is 122 Å².